The molecule has 2 bridgehead atoms. The fourth-order valence-corrected chi connectivity index (χ4v) is 5.42. The van der Waals surface area contributed by atoms with Crippen LogP contribution < -0.4 is 5.73 Å². The Morgan fingerprint density at radius 2 is 1.36 bits per heavy atom. The van der Waals surface area contributed by atoms with Gasteiger partial charge >= 0.3 is 0 Å². The Balaban J connectivity index is 1.69. The highest BCUT2D eigenvalue weighted by atomic mass is 15.2. The molecule has 2 nitrogen and oxygen atoms in total. The first-order valence-corrected chi connectivity index (χ1v) is 9.76. The molecule has 2 aromatic rings. The van der Waals surface area contributed by atoms with Crippen LogP contribution in [-0.2, 0) is 5.41 Å². The summed E-state index contributed by atoms with van der Waals surface area (Å²) in [7, 11) is 2.32. The van der Waals surface area contributed by atoms with Crippen molar-refractivity contribution < 1.29 is 0 Å². The number of piperidine rings is 1. The lowest BCUT2D eigenvalue weighted by Gasteiger charge is -2.42. The van der Waals surface area contributed by atoms with Gasteiger partial charge in [0, 0.05) is 24.0 Å². The first-order chi connectivity index (χ1) is 12.2. The van der Waals surface area contributed by atoms with Gasteiger partial charge in [0.15, 0.2) is 0 Å². The molecule has 4 rings (SSSR count). The van der Waals surface area contributed by atoms with E-state index < -0.39 is 0 Å². The van der Waals surface area contributed by atoms with Crippen molar-refractivity contribution in [2.24, 2.45) is 11.7 Å². The highest BCUT2D eigenvalue weighted by Crippen LogP contribution is 2.45. The maximum absolute atomic E-state index is 6.49. The molecule has 1 unspecified atom stereocenters. The molecule has 2 heteroatoms. The Labute approximate surface area is 152 Å². The van der Waals surface area contributed by atoms with E-state index in [2.05, 4.69) is 72.6 Å². The molecular weight excluding hydrogens is 304 g/mol. The lowest BCUT2D eigenvalue weighted by atomic mass is 9.67. The predicted octanol–water partition coefficient (Wildman–Crippen LogP) is 4.19. The third kappa shape index (κ3) is 3.02. The van der Waals surface area contributed by atoms with Gasteiger partial charge in [-0.05, 0) is 56.2 Å². The highest BCUT2D eigenvalue weighted by Gasteiger charge is 2.42. The average Bonchev–Trinajstić information content (AvgIpc) is 2.88. The van der Waals surface area contributed by atoms with Gasteiger partial charge in [0.25, 0.3) is 0 Å². The first kappa shape index (κ1) is 16.8. The van der Waals surface area contributed by atoms with Crippen LogP contribution in [0.15, 0.2) is 60.7 Å². The molecule has 0 saturated carbocycles. The Morgan fingerprint density at radius 1 is 0.880 bits per heavy atom. The molecule has 0 radical (unpaired) electrons. The van der Waals surface area contributed by atoms with Gasteiger partial charge in [-0.3, -0.25) is 0 Å². The Bertz CT molecular complexity index is 628. The second kappa shape index (κ2) is 6.93. The summed E-state index contributed by atoms with van der Waals surface area (Å²) in [5.74, 6) is 0.762. The van der Waals surface area contributed by atoms with Crippen LogP contribution in [-0.4, -0.2) is 30.6 Å². The Morgan fingerprint density at radius 3 is 1.80 bits per heavy atom. The lowest BCUT2D eigenvalue weighted by Crippen LogP contribution is -2.44. The van der Waals surface area contributed by atoms with E-state index in [0.717, 1.165) is 18.0 Å². The minimum atomic E-state index is -0.0669. The van der Waals surface area contributed by atoms with Crippen LogP contribution in [0, 0.1) is 5.92 Å². The lowest BCUT2D eigenvalue weighted by molar-refractivity contribution is 0.119. The number of hydrogen-bond acceptors (Lipinski definition) is 2. The van der Waals surface area contributed by atoms with Crippen molar-refractivity contribution in [2.45, 2.75) is 49.6 Å². The SMILES string of the molecule is CN1[C@@H]2CC[C@H]1CC(CC(CN)(c1ccccc1)c1ccccc1)C2. The molecule has 2 aromatic carbocycles. The van der Waals surface area contributed by atoms with Crippen molar-refractivity contribution in [2.75, 3.05) is 13.6 Å². The molecule has 2 saturated heterocycles. The predicted molar refractivity (Wildman–Crippen MR) is 105 cm³/mol. The summed E-state index contributed by atoms with van der Waals surface area (Å²) >= 11 is 0. The number of nitrogens with zero attached hydrogens (tertiary/aromatic N) is 1. The number of fused-ring (bicyclic) bond motifs is 2. The van der Waals surface area contributed by atoms with E-state index in [9.17, 15) is 0 Å². The number of rotatable bonds is 5. The van der Waals surface area contributed by atoms with Crippen LogP contribution in [0.3, 0.4) is 0 Å². The zero-order valence-corrected chi connectivity index (χ0v) is 15.3. The summed E-state index contributed by atoms with van der Waals surface area (Å²) in [6.07, 6.45) is 6.58. The second-order valence-electron chi connectivity index (χ2n) is 8.11. The Hall–Kier alpha value is -1.64. The van der Waals surface area contributed by atoms with Crippen molar-refractivity contribution in [1.29, 1.82) is 0 Å². The molecule has 2 aliphatic heterocycles. The normalized spacial score (nSPS) is 26.7. The Kier molecular flexibility index (Phi) is 4.66. The van der Waals surface area contributed by atoms with Crippen LogP contribution in [0.2, 0.25) is 0 Å². The van der Waals surface area contributed by atoms with Crippen molar-refractivity contribution >= 4 is 0 Å². The van der Waals surface area contributed by atoms with Gasteiger partial charge in [-0.15, -0.1) is 0 Å². The van der Waals surface area contributed by atoms with E-state index in [-0.39, 0.29) is 5.41 Å². The van der Waals surface area contributed by atoms with E-state index in [1.807, 2.05) is 0 Å². The zero-order chi connectivity index (χ0) is 17.3. The topological polar surface area (TPSA) is 29.3 Å². The smallest absolute Gasteiger partial charge is 0.0327 e. The maximum Gasteiger partial charge on any atom is 0.0327 e. The molecule has 2 heterocycles. The standard InChI is InChI=1S/C23H30N2/c1-25-21-12-13-22(25)15-18(14-21)16-23(17-24,19-8-4-2-5-9-19)20-10-6-3-7-11-20/h2-11,18,21-22H,12-17,24H2,1H3/t18?,21-,22+. The van der Waals surface area contributed by atoms with Crippen LogP contribution in [0.5, 0.6) is 0 Å². The molecule has 2 aliphatic rings. The van der Waals surface area contributed by atoms with E-state index in [4.69, 9.17) is 5.73 Å². The summed E-state index contributed by atoms with van der Waals surface area (Å²) in [6, 6.07) is 23.5. The largest absolute Gasteiger partial charge is 0.329 e. The quantitative estimate of drug-likeness (QED) is 0.888. The minimum absolute atomic E-state index is 0.0669. The van der Waals surface area contributed by atoms with Gasteiger partial charge in [-0.2, -0.15) is 0 Å². The molecule has 25 heavy (non-hydrogen) atoms. The van der Waals surface area contributed by atoms with Crippen molar-refractivity contribution in [3.63, 3.8) is 0 Å². The van der Waals surface area contributed by atoms with Gasteiger partial charge in [0.1, 0.15) is 0 Å². The summed E-state index contributed by atoms with van der Waals surface area (Å²) in [5, 5.41) is 0. The number of hydrogen-bond donors (Lipinski definition) is 1. The third-order valence-electron chi connectivity index (χ3n) is 6.83. The van der Waals surface area contributed by atoms with Gasteiger partial charge in [-0.25, -0.2) is 0 Å². The maximum atomic E-state index is 6.49. The van der Waals surface area contributed by atoms with Crippen LogP contribution >= 0.6 is 0 Å². The molecular formula is C23H30N2. The molecule has 2 fully saturated rings. The minimum Gasteiger partial charge on any atom is -0.329 e. The molecule has 132 valence electrons. The molecule has 3 atom stereocenters. The van der Waals surface area contributed by atoms with Crippen LogP contribution in [0.4, 0.5) is 0 Å². The summed E-state index contributed by atoms with van der Waals surface area (Å²) in [6.45, 7) is 0.669. The molecule has 0 amide bonds. The van der Waals surface area contributed by atoms with Gasteiger partial charge in [0.2, 0.25) is 0 Å². The highest BCUT2D eigenvalue weighted by molar-refractivity contribution is 5.40. The van der Waals surface area contributed by atoms with Gasteiger partial charge in [0.05, 0.1) is 0 Å². The van der Waals surface area contributed by atoms with Gasteiger partial charge in [-0.1, -0.05) is 60.7 Å². The van der Waals surface area contributed by atoms with E-state index in [1.54, 1.807) is 0 Å². The monoisotopic (exact) mass is 334 g/mol. The van der Waals surface area contributed by atoms with Crippen molar-refractivity contribution in [3.8, 4) is 0 Å². The number of benzene rings is 2. The van der Waals surface area contributed by atoms with Crippen LogP contribution in [0.1, 0.15) is 43.2 Å². The summed E-state index contributed by atoms with van der Waals surface area (Å²) in [5.41, 5.74) is 9.16. The fraction of sp³-hybridized carbons (Fsp3) is 0.478. The first-order valence-electron chi connectivity index (χ1n) is 9.76. The molecule has 0 aromatic heterocycles. The third-order valence-corrected chi connectivity index (χ3v) is 6.83. The zero-order valence-electron chi connectivity index (χ0n) is 15.3. The average molecular weight is 335 g/mol. The number of nitrogens with two attached hydrogens (primary N) is 1. The fourth-order valence-electron chi connectivity index (χ4n) is 5.42. The summed E-state index contributed by atoms with van der Waals surface area (Å²) in [4.78, 5) is 2.63. The molecule has 2 N–H and O–H groups in total. The molecule has 0 aliphatic carbocycles. The summed E-state index contributed by atoms with van der Waals surface area (Å²) < 4.78 is 0. The van der Waals surface area contributed by atoms with Crippen molar-refractivity contribution in [1.82, 2.24) is 4.90 Å². The van der Waals surface area contributed by atoms with E-state index in [1.165, 1.54) is 43.2 Å². The van der Waals surface area contributed by atoms with Crippen LogP contribution in [0.25, 0.3) is 0 Å². The van der Waals surface area contributed by atoms with E-state index in [0.29, 0.717) is 6.54 Å². The van der Waals surface area contributed by atoms with Gasteiger partial charge < -0.3 is 10.6 Å². The second-order valence-corrected chi connectivity index (χ2v) is 8.11. The van der Waals surface area contributed by atoms with Crippen molar-refractivity contribution in [3.05, 3.63) is 71.8 Å². The molecule has 0 spiro atoms. The van der Waals surface area contributed by atoms with E-state index >= 15 is 0 Å².